The molecule has 0 aliphatic carbocycles. The second-order valence-electron chi connectivity index (χ2n) is 4.01. The number of aromatic nitrogens is 4. The van der Waals surface area contributed by atoms with Crippen LogP contribution in [0.25, 0.3) is 22.4 Å². The molecule has 0 fully saturated rings. The molecular formula is C13H8Cl2N4. The molecule has 0 atom stereocenters. The molecule has 2 heterocycles. The lowest BCUT2D eigenvalue weighted by molar-refractivity contribution is 1.14. The average molecular weight is 291 g/mol. The van der Waals surface area contributed by atoms with Crippen LogP contribution in [-0.4, -0.2) is 19.9 Å². The van der Waals surface area contributed by atoms with Crippen molar-refractivity contribution in [2.24, 2.45) is 0 Å². The molecule has 19 heavy (non-hydrogen) atoms. The topological polar surface area (TPSA) is 51.6 Å². The summed E-state index contributed by atoms with van der Waals surface area (Å²) >= 11 is 12.0. The summed E-state index contributed by atoms with van der Waals surface area (Å²) < 4.78 is 0. The average Bonchev–Trinajstić information content (AvgIpc) is 2.43. The third-order valence-electron chi connectivity index (χ3n) is 2.75. The van der Waals surface area contributed by atoms with Crippen LogP contribution < -0.4 is 0 Å². The van der Waals surface area contributed by atoms with Crippen molar-refractivity contribution in [2.45, 2.75) is 6.92 Å². The van der Waals surface area contributed by atoms with Crippen LogP contribution in [0.3, 0.4) is 0 Å². The van der Waals surface area contributed by atoms with E-state index in [1.165, 1.54) is 0 Å². The number of rotatable bonds is 1. The summed E-state index contributed by atoms with van der Waals surface area (Å²) in [7, 11) is 0. The molecule has 3 aromatic rings. The highest BCUT2D eigenvalue weighted by Gasteiger charge is 2.10. The van der Waals surface area contributed by atoms with Gasteiger partial charge in [-0.15, -0.1) is 0 Å². The van der Waals surface area contributed by atoms with Gasteiger partial charge < -0.3 is 0 Å². The molecule has 0 saturated heterocycles. The van der Waals surface area contributed by atoms with Crippen LogP contribution in [0.4, 0.5) is 0 Å². The summed E-state index contributed by atoms with van der Waals surface area (Å²) in [6, 6.07) is 5.59. The van der Waals surface area contributed by atoms with Crippen molar-refractivity contribution in [3.05, 3.63) is 46.5 Å². The fraction of sp³-hybridized carbons (Fsp3) is 0.0769. The highest BCUT2D eigenvalue weighted by Crippen LogP contribution is 2.25. The van der Waals surface area contributed by atoms with Gasteiger partial charge in [-0.2, -0.15) is 0 Å². The predicted molar refractivity (Wildman–Crippen MR) is 75.3 cm³/mol. The molecule has 0 aliphatic rings. The Kier molecular flexibility index (Phi) is 3.05. The summed E-state index contributed by atoms with van der Waals surface area (Å²) in [5.41, 5.74) is 3.07. The highest BCUT2D eigenvalue weighted by atomic mass is 35.5. The van der Waals surface area contributed by atoms with Crippen LogP contribution in [0, 0.1) is 6.92 Å². The Morgan fingerprint density at radius 1 is 0.895 bits per heavy atom. The van der Waals surface area contributed by atoms with Crippen molar-refractivity contribution in [1.29, 1.82) is 0 Å². The minimum atomic E-state index is 0.356. The first kappa shape index (κ1) is 12.3. The van der Waals surface area contributed by atoms with Gasteiger partial charge in [-0.25, -0.2) is 9.97 Å². The molecule has 0 radical (unpaired) electrons. The van der Waals surface area contributed by atoms with Crippen molar-refractivity contribution in [3.63, 3.8) is 0 Å². The Labute approximate surface area is 119 Å². The summed E-state index contributed by atoms with van der Waals surface area (Å²) in [4.78, 5) is 16.9. The highest BCUT2D eigenvalue weighted by molar-refractivity contribution is 6.34. The van der Waals surface area contributed by atoms with Gasteiger partial charge in [-0.3, -0.25) is 9.97 Å². The number of hydrogen-bond donors (Lipinski definition) is 0. The summed E-state index contributed by atoms with van der Waals surface area (Å²) in [6.07, 6.45) is 3.29. The summed E-state index contributed by atoms with van der Waals surface area (Å²) in [5, 5.41) is 0.712. The first-order valence-corrected chi connectivity index (χ1v) is 6.31. The minimum absolute atomic E-state index is 0.356. The number of hydrogen-bond acceptors (Lipinski definition) is 4. The van der Waals surface area contributed by atoms with Gasteiger partial charge in [0.15, 0.2) is 5.82 Å². The molecular weight excluding hydrogens is 283 g/mol. The Morgan fingerprint density at radius 3 is 2.21 bits per heavy atom. The van der Waals surface area contributed by atoms with Gasteiger partial charge in [0.05, 0.1) is 11.0 Å². The van der Waals surface area contributed by atoms with Crippen molar-refractivity contribution in [3.8, 4) is 11.4 Å². The fourth-order valence-corrected chi connectivity index (χ4v) is 2.08. The van der Waals surface area contributed by atoms with E-state index in [0.29, 0.717) is 21.7 Å². The Morgan fingerprint density at radius 2 is 1.53 bits per heavy atom. The summed E-state index contributed by atoms with van der Waals surface area (Å²) in [6.45, 7) is 1.78. The standard InChI is InChI=1S/C13H8Cl2N4/c1-7-11(14)18-13(19-12(7)15)8-2-3-9-10(6-8)17-5-4-16-9/h2-6H,1H3. The van der Waals surface area contributed by atoms with E-state index in [0.717, 1.165) is 16.6 Å². The minimum Gasteiger partial charge on any atom is -0.253 e. The van der Waals surface area contributed by atoms with E-state index in [-0.39, 0.29) is 0 Å². The van der Waals surface area contributed by atoms with Crippen molar-refractivity contribution in [1.82, 2.24) is 19.9 Å². The zero-order chi connectivity index (χ0) is 13.4. The van der Waals surface area contributed by atoms with Crippen LogP contribution in [0.1, 0.15) is 5.56 Å². The molecule has 4 nitrogen and oxygen atoms in total. The van der Waals surface area contributed by atoms with E-state index in [1.54, 1.807) is 19.3 Å². The lowest BCUT2D eigenvalue weighted by Crippen LogP contribution is -1.94. The molecule has 6 heteroatoms. The van der Waals surface area contributed by atoms with Gasteiger partial charge in [0, 0.05) is 23.5 Å². The van der Waals surface area contributed by atoms with E-state index >= 15 is 0 Å². The van der Waals surface area contributed by atoms with Crippen molar-refractivity contribution >= 4 is 34.2 Å². The van der Waals surface area contributed by atoms with E-state index < -0.39 is 0 Å². The maximum atomic E-state index is 6.02. The molecule has 0 unspecified atom stereocenters. The van der Waals surface area contributed by atoms with Crippen LogP contribution in [0.5, 0.6) is 0 Å². The van der Waals surface area contributed by atoms with Crippen molar-refractivity contribution in [2.75, 3.05) is 0 Å². The molecule has 0 saturated carbocycles. The van der Waals surface area contributed by atoms with Gasteiger partial charge in [-0.05, 0) is 25.1 Å². The summed E-state index contributed by atoms with van der Waals surface area (Å²) in [5.74, 6) is 0.480. The van der Waals surface area contributed by atoms with E-state index in [4.69, 9.17) is 23.2 Å². The molecule has 0 N–H and O–H groups in total. The number of halogens is 2. The maximum absolute atomic E-state index is 6.02. The van der Waals surface area contributed by atoms with Gasteiger partial charge in [0.25, 0.3) is 0 Å². The second-order valence-corrected chi connectivity index (χ2v) is 4.73. The van der Waals surface area contributed by atoms with Crippen LogP contribution in [0.15, 0.2) is 30.6 Å². The second kappa shape index (κ2) is 4.72. The van der Waals surface area contributed by atoms with E-state index in [9.17, 15) is 0 Å². The number of benzene rings is 1. The lowest BCUT2D eigenvalue weighted by atomic mass is 10.2. The Balaban J connectivity index is 2.19. The smallest absolute Gasteiger partial charge is 0.162 e. The third-order valence-corrected chi connectivity index (χ3v) is 3.49. The van der Waals surface area contributed by atoms with Crippen LogP contribution in [-0.2, 0) is 0 Å². The predicted octanol–water partition coefficient (Wildman–Crippen LogP) is 3.70. The first-order valence-electron chi connectivity index (χ1n) is 5.56. The molecule has 0 bridgehead atoms. The fourth-order valence-electron chi connectivity index (χ4n) is 1.70. The Hall–Kier alpha value is -1.78. The van der Waals surface area contributed by atoms with Gasteiger partial charge in [-0.1, -0.05) is 23.2 Å². The maximum Gasteiger partial charge on any atom is 0.162 e. The molecule has 0 aliphatic heterocycles. The molecule has 0 spiro atoms. The first-order chi connectivity index (χ1) is 9.15. The normalized spacial score (nSPS) is 10.9. The van der Waals surface area contributed by atoms with Crippen molar-refractivity contribution < 1.29 is 0 Å². The zero-order valence-electron chi connectivity index (χ0n) is 9.93. The molecule has 3 rings (SSSR count). The molecule has 1 aromatic carbocycles. The van der Waals surface area contributed by atoms with Gasteiger partial charge in [0.2, 0.25) is 0 Å². The Bertz CT molecular complexity index is 750. The molecule has 94 valence electrons. The van der Waals surface area contributed by atoms with Gasteiger partial charge in [0.1, 0.15) is 10.3 Å². The largest absolute Gasteiger partial charge is 0.253 e. The van der Waals surface area contributed by atoms with E-state index in [2.05, 4.69) is 19.9 Å². The number of nitrogens with zero attached hydrogens (tertiary/aromatic N) is 4. The van der Waals surface area contributed by atoms with Gasteiger partial charge >= 0.3 is 0 Å². The quantitative estimate of drug-likeness (QED) is 0.641. The SMILES string of the molecule is Cc1c(Cl)nc(-c2ccc3nccnc3c2)nc1Cl. The third kappa shape index (κ3) is 2.25. The van der Waals surface area contributed by atoms with Crippen LogP contribution >= 0.6 is 23.2 Å². The van der Waals surface area contributed by atoms with Crippen LogP contribution in [0.2, 0.25) is 10.3 Å². The monoisotopic (exact) mass is 290 g/mol. The zero-order valence-corrected chi connectivity index (χ0v) is 11.4. The molecule has 2 aromatic heterocycles. The molecule has 0 amide bonds. The number of fused-ring (bicyclic) bond motifs is 1. The lowest BCUT2D eigenvalue weighted by Gasteiger charge is -2.05. The van der Waals surface area contributed by atoms with E-state index in [1.807, 2.05) is 18.2 Å².